The standard InChI is InChI=1S/C22H35N5O2S/c1-25(11-10-20-12-24-26(2)14-20)16-21-13-23-22(30(28,29)17-19-8-9-19)27(21)15-18-6-4-3-5-7-18/h12-14,18-19H,3-11,15-17H2,1-2H3. The first-order valence-corrected chi connectivity index (χ1v) is 13.0. The summed E-state index contributed by atoms with van der Waals surface area (Å²) in [5, 5.41) is 4.54. The number of likely N-dealkylation sites (N-methyl/N-ethyl adjacent to an activating group) is 1. The maximum absolute atomic E-state index is 13.1. The van der Waals surface area contributed by atoms with Gasteiger partial charge >= 0.3 is 0 Å². The van der Waals surface area contributed by atoms with Crippen LogP contribution >= 0.6 is 0 Å². The third-order valence-electron chi connectivity index (χ3n) is 6.47. The molecule has 4 rings (SSSR count). The van der Waals surface area contributed by atoms with Crippen molar-refractivity contribution in [3.8, 4) is 0 Å². The number of aromatic nitrogens is 4. The summed E-state index contributed by atoms with van der Waals surface area (Å²) < 4.78 is 30.0. The molecule has 2 aromatic heterocycles. The first-order valence-electron chi connectivity index (χ1n) is 11.3. The van der Waals surface area contributed by atoms with Gasteiger partial charge in [-0.05, 0) is 56.6 Å². The van der Waals surface area contributed by atoms with E-state index in [1.807, 2.05) is 28.7 Å². The Hall–Kier alpha value is -1.67. The fourth-order valence-electron chi connectivity index (χ4n) is 4.54. The van der Waals surface area contributed by atoms with Gasteiger partial charge in [0.1, 0.15) is 0 Å². The molecule has 2 saturated carbocycles. The minimum atomic E-state index is -3.32. The lowest BCUT2D eigenvalue weighted by Crippen LogP contribution is -2.25. The van der Waals surface area contributed by atoms with Crippen LogP contribution in [0.2, 0.25) is 0 Å². The van der Waals surface area contributed by atoms with Crippen LogP contribution in [0.3, 0.4) is 0 Å². The summed E-state index contributed by atoms with van der Waals surface area (Å²) in [7, 11) is 0.698. The number of hydrogen-bond donors (Lipinski definition) is 0. The Morgan fingerprint density at radius 3 is 2.53 bits per heavy atom. The molecule has 0 aromatic carbocycles. The Morgan fingerprint density at radius 2 is 1.87 bits per heavy atom. The maximum Gasteiger partial charge on any atom is 0.227 e. The van der Waals surface area contributed by atoms with Gasteiger partial charge in [0, 0.05) is 32.9 Å². The molecule has 7 nitrogen and oxygen atoms in total. The molecule has 0 bridgehead atoms. The lowest BCUT2D eigenvalue weighted by Gasteiger charge is -2.25. The van der Waals surface area contributed by atoms with Crippen LogP contribution in [0.4, 0.5) is 0 Å². The van der Waals surface area contributed by atoms with Gasteiger partial charge in [0.25, 0.3) is 0 Å². The Kier molecular flexibility index (Phi) is 6.63. The molecule has 8 heteroatoms. The molecule has 0 aliphatic heterocycles. The van der Waals surface area contributed by atoms with E-state index in [1.165, 1.54) is 37.7 Å². The lowest BCUT2D eigenvalue weighted by molar-refractivity contribution is 0.287. The van der Waals surface area contributed by atoms with Crippen LogP contribution in [0.5, 0.6) is 0 Å². The number of nitrogens with zero attached hydrogens (tertiary/aromatic N) is 5. The molecule has 2 heterocycles. The van der Waals surface area contributed by atoms with Crippen LogP contribution in [-0.4, -0.2) is 52.0 Å². The molecule has 0 spiro atoms. The predicted octanol–water partition coefficient (Wildman–Crippen LogP) is 3.06. The summed E-state index contributed by atoms with van der Waals surface area (Å²) in [6, 6.07) is 0. The molecule has 2 aliphatic rings. The van der Waals surface area contributed by atoms with E-state index in [0.29, 0.717) is 23.5 Å². The number of imidazole rings is 1. The first kappa shape index (κ1) is 21.6. The fourth-order valence-corrected chi connectivity index (χ4v) is 6.38. The number of aryl methyl sites for hydroxylation is 1. The minimum absolute atomic E-state index is 0.255. The second kappa shape index (κ2) is 9.22. The summed E-state index contributed by atoms with van der Waals surface area (Å²) in [5.74, 6) is 1.15. The Labute approximate surface area is 180 Å². The Bertz CT molecular complexity index is 939. The maximum atomic E-state index is 13.1. The normalized spacial score (nSPS) is 18.4. The Morgan fingerprint density at radius 1 is 1.10 bits per heavy atom. The highest BCUT2D eigenvalue weighted by Crippen LogP contribution is 2.33. The third kappa shape index (κ3) is 5.52. The fraction of sp³-hybridized carbons (Fsp3) is 0.727. The third-order valence-corrected chi connectivity index (χ3v) is 8.26. The smallest absolute Gasteiger partial charge is 0.227 e. The second-order valence-corrected chi connectivity index (χ2v) is 11.3. The summed E-state index contributed by atoms with van der Waals surface area (Å²) >= 11 is 0. The molecule has 0 amide bonds. The van der Waals surface area contributed by atoms with Gasteiger partial charge < -0.3 is 9.47 Å². The molecule has 0 N–H and O–H groups in total. The summed E-state index contributed by atoms with van der Waals surface area (Å²) in [4.78, 5) is 6.69. The lowest BCUT2D eigenvalue weighted by atomic mass is 9.89. The van der Waals surface area contributed by atoms with E-state index in [-0.39, 0.29) is 5.75 Å². The SMILES string of the molecule is CN(CCc1cnn(C)c1)Cc1cnc(S(=O)(=O)CC2CC2)n1CC1CCCCC1. The van der Waals surface area contributed by atoms with Gasteiger partial charge in [-0.15, -0.1) is 0 Å². The molecular formula is C22H35N5O2S. The molecule has 0 atom stereocenters. The largest absolute Gasteiger partial charge is 0.317 e. The topological polar surface area (TPSA) is 73.0 Å². The molecule has 2 aromatic rings. The zero-order chi connectivity index (χ0) is 21.1. The first-order chi connectivity index (χ1) is 14.4. The quantitative estimate of drug-likeness (QED) is 0.576. The number of hydrogen-bond acceptors (Lipinski definition) is 5. The van der Waals surface area contributed by atoms with E-state index in [1.54, 1.807) is 6.20 Å². The molecule has 0 unspecified atom stereocenters. The van der Waals surface area contributed by atoms with Gasteiger partial charge in [-0.3, -0.25) is 4.68 Å². The average molecular weight is 434 g/mol. The van der Waals surface area contributed by atoms with Crippen LogP contribution in [0, 0.1) is 11.8 Å². The van der Waals surface area contributed by atoms with Gasteiger partial charge in [0.05, 0.1) is 23.8 Å². The average Bonchev–Trinajstić information content (AvgIpc) is 3.27. The van der Waals surface area contributed by atoms with Crippen molar-refractivity contribution in [2.45, 2.75) is 69.6 Å². The van der Waals surface area contributed by atoms with Crippen LogP contribution in [-0.2, 0) is 36.4 Å². The van der Waals surface area contributed by atoms with E-state index in [0.717, 1.165) is 38.0 Å². The molecule has 2 fully saturated rings. The highest BCUT2D eigenvalue weighted by atomic mass is 32.2. The number of sulfone groups is 1. The monoisotopic (exact) mass is 433 g/mol. The van der Waals surface area contributed by atoms with E-state index < -0.39 is 9.84 Å². The van der Waals surface area contributed by atoms with E-state index in [4.69, 9.17) is 0 Å². The highest BCUT2D eigenvalue weighted by molar-refractivity contribution is 7.91. The van der Waals surface area contributed by atoms with E-state index in [2.05, 4.69) is 22.0 Å². The number of rotatable bonds is 10. The molecule has 0 radical (unpaired) electrons. The van der Waals surface area contributed by atoms with Crippen molar-refractivity contribution in [2.24, 2.45) is 18.9 Å². The Balaban J connectivity index is 1.48. The van der Waals surface area contributed by atoms with Crippen molar-refractivity contribution in [1.29, 1.82) is 0 Å². The zero-order valence-electron chi connectivity index (χ0n) is 18.3. The molecule has 0 saturated heterocycles. The highest BCUT2D eigenvalue weighted by Gasteiger charge is 2.33. The van der Waals surface area contributed by atoms with Crippen LogP contribution < -0.4 is 0 Å². The van der Waals surface area contributed by atoms with Crippen LogP contribution in [0.25, 0.3) is 0 Å². The summed E-state index contributed by atoms with van der Waals surface area (Å²) in [6.07, 6.45) is 14.9. The molecular weight excluding hydrogens is 398 g/mol. The summed E-state index contributed by atoms with van der Waals surface area (Å²) in [6.45, 7) is 2.38. The molecule has 166 valence electrons. The minimum Gasteiger partial charge on any atom is -0.317 e. The van der Waals surface area contributed by atoms with Crippen molar-refractivity contribution in [3.05, 3.63) is 29.8 Å². The predicted molar refractivity (Wildman–Crippen MR) is 117 cm³/mol. The van der Waals surface area contributed by atoms with E-state index >= 15 is 0 Å². The second-order valence-electron chi connectivity index (χ2n) is 9.38. The van der Waals surface area contributed by atoms with Crippen molar-refractivity contribution in [1.82, 2.24) is 24.2 Å². The zero-order valence-corrected chi connectivity index (χ0v) is 19.1. The van der Waals surface area contributed by atoms with Crippen molar-refractivity contribution in [3.63, 3.8) is 0 Å². The van der Waals surface area contributed by atoms with Crippen molar-refractivity contribution in [2.75, 3.05) is 19.3 Å². The summed E-state index contributed by atoms with van der Waals surface area (Å²) in [5.41, 5.74) is 2.23. The van der Waals surface area contributed by atoms with E-state index in [9.17, 15) is 8.42 Å². The molecule has 30 heavy (non-hydrogen) atoms. The molecule has 2 aliphatic carbocycles. The van der Waals surface area contributed by atoms with Crippen LogP contribution in [0.1, 0.15) is 56.2 Å². The van der Waals surface area contributed by atoms with Crippen LogP contribution in [0.15, 0.2) is 23.7 Å². The van der Waals surface area contributed by atoms with Gasteiger partial charge in [-0.2, -0.15) is 5.10 Å². The van der Waals surface area contributed by atoms with Gasteiger partial charge in [0.15, 0.2) is 0 Å². The van der Waals surface area contributed by atoms with Gasteiger partial charge in [-0.25, -0.2) is 13.4 Å². The van der Waals surface area contributed by atoms with Crippen molar-refractivity contribution >= 4 is 9.84 Å². The van der Waals surface area contributed by atoms with Gasteiger partial charge in [0.2, 0.25) is 15.0 Å². The van der Waals surface area contributed by atoms with Gasteiger partial charge in [-0.1, -0.05) is 19.3 Å². The van der Waals surface area contributed by atoms with Crippen molar-refractivity contribution < 1.29 is 8.42 Å².